The molecule has 2 aliphatic heterocycles. The van der Waals surface area contributed by atoms with Gasteiger partial charge in [-0.2, -0.15) is 4.31 Å². The van der Waals surface area contributed by atoms with Gasteiger partial charge in [-0.3, -0.25) is 0 Å². The third kappa shape index (κ3) is 3.11. The van der Waals surface area contributed by atoms with Gasteiger partial charge in [-0.1, -0.05) is 19.1 Å². The standard InChI is InChI=1S/C15H22N2O2S.ClH/c1-2-13-3-5-14(6-4-13)20(18,19)17-10-8-15(12-17)7-9-16-11-15;/h3-6,16H,2,7-12H2,1H3;1H. The summed E-state index contributed by atoms with van der Waals surface area (Å²) < 4.78 is 27.0. The van der Waals surface area contributed by atoms with Gasteiger partial charge in [0.1, 0.15) is 0 Å². The Labute approximate surface area is 133 Å². The molecule has 0 amide bonds. The predicted molar refractivity (Wildman–Crippen MR) is 86.4 cm³/mol. The molecule has 21 heavy (non-hydrogen) atoms. The van der Waals surface area contributed by atoms with Crippen LogP contribution < -0.4 is 5.32 Å². The Morgan fingerprint density at radius 2 is 1.95 bits per heavy atom. The second-order valence-electron chi connectivity index (χ2n) is 6.01. The molecule has 2 aliphatic rings. The van der Waals surface area contributed by atoms with Crippen LogP contribution in [-0.4, -0.2) is 38.9 Å². The van der Waals surface area contributed by atoms with Gasteiger partial charge < -0.3 is 5.32 Å². The van der Waals surface area contributed by atoms with E-state index in [1.807, 2.05) is 12.1 Å². The van der Waals surface area contributed by atoms with Gasteiger partial charge in [0, 0.05) is 19.6 Å². The van der Waals surface area contributed by atoms with Crippen LogP contribution in [0.25, 0.3) is 0 Å². The molecule has 0 aliphatic carbocycles. The van der Waals surface area contributed by atoms with Crippen molar-refractivity contribution in [2.24, 2.45) is 5.41 Å². The van der Waals surface area contributed by atoms with E-state index >= 15 is 0 Å². The quantitative estimate of drug-likeness (QED) is 0.922. The second-order valence-corrected chi connectivity index (χ2v) is 7.95. The monoisotopic (exact) mass is 330 g/mol. The van der Waals surface area contributed by atoms with Crippen LogP contribution in [0.5, 0.6) is 0 Å². The molecular formula is C15H23ClN2O2S. The highest BCUT2D eigenvalue weighted by Crippen LogP contribution is 2.38. The summed E-state index contributed by atoms with van der Waals surface area (Å²) in [5, 5.41) is 3.36. The topological polar surface area (TPSA) is 49.4 Å². The van der Waals surface area contributed by atoms with Crippen LogP contribution in [0.15, 0.2) is 29.2 Å². The molecule has 3 rings (SSSR count). The summed E-state index contributed by atoms with van der Waals surface area (Å²) in [4.78, 5) is 0.428. The fourth-order valence-electron chi connectivity index (χ4n) is 3.29. The lowest BCUT2D eigenvalue weighted by molar-refractivity contribution is 0.338. The van der Waals surface area contributed by atoms with Gasteiger partial charge in [0.15, 0.2) is 0 Å². The highest BCUT2D eigenvalue weighted by atomic mass is 35.5. The molecule has 1 aromatic carbocycles. The summed E-state index contributed by atoms with van der Waals surface area (Å²) in [5.41, 5.74) is 1.35. The first-order valence-corrected chi connectivity index (χ1v) is 8.80. The predicted octanol–water partition coefficient (Wildman–Crippen LogP) is 2.04. The average Bonchev–Trinajstić information content (AvgIpc) is 3.10. The van der Waals surface area contributed by atoms with Crippen LogP contribution in [0.4, 0.5) is 0 Å². The number of rotatable bonds is 3. The molecule has 1 aromatic rings. The van der Waals surface area contributed by atoms with E-state index in [-0.39, 0.29) is 17.8 Å². The zero-order valence-electron chi connectivity index (χ0n) is 12.3. The van der Waals surface area contributed by atoms with Crippen molar-refractivity contribution in [3.8, 4) is 0 Å². The summed E-state index contributed by atoms with van der Waals surface area (Å²) in [7, 11) is -3.32. The van der Waals surface area contributed by atoms with Crippen LogP contribution >= 0.6 is 12.4 Å². The van der Waals surface area contributed by atoms with Gasteiger partial charge in [0.2, 0.25) is 10.0 Å². The molecule has 118 valence electrons. The van der Waals surface area contributed by atoms with Crippen LogP contribution in [0.2, 0.25) is 0 Å². The van der Waals surface area contributed by atoms with Crippen molar-refractivity contribution in [3.05, 3.63) is 29.8 Å². The molecule has 1 unspecified atom stereocenters. The first-order chi connectivity index (χ1) is 9.56. The number of hydrogen-bond acceptors (Lipinski definition) is 3. The average molecular weight is 331 g/mol. The van der Waals surface area contributed by atoms with Crippen LogP contribution in [0.3, 0.4) is 0 Å². The number of nitrogens with zero attached hydrogens (tertiary/aromatic N) is 1. The number of benzene rings is 1. The minimum absolute atomic E-state index is 0. The summed E-state index contributed by atoms with van der Waals surface area (Å²) >= 11 is 0. The summed E-state index contributed by atoms with van der Waals surface area (Å²) in [6.45, 7) is 5.35. The maximum atomic E-state index is 12.7. The van der Waals surface area contributed by atoms with Crippen molar-refractivity contribution in [2.45, 2.75) is 31.1 Å². The van der Waals surface area contributed by atoms with Crippen molar-refractivity contribution in [3.63, 3.8) is 0 Å². The van der Waals surface area contributed by atoms with Gasteiger partial charge in [-0.25, -0.2) is 8.42 Å². The molecule has 0 radical (unpaired) electrons. The van der Waals surface area contributed by atoms with E-state index in [4.69, 9.17) is 0 Å². The van der Waals surface area contributed by atoms with Crippen LogP contribution in [0.1, 0.15) is 25.3 Å². The molecule has 1 spiro atoms. The summed E-state index contributed by atoms with van der Waals surface area (Å²) in [5.74, 6) is 0. The fourth-order valence-corrected chi connectivity index (χ4v) is 4.84. The molecule has 0 bridgehead atoms. The summed E-state index contributed by atoms with van der Waals surface area (Å²) in [6.07, 6.45) is 3.00. The molecule has 0 saturated carbocycles. The van der Waals surface area contributed by atoms with E-state index in [2.05, 4.69) is 12.2 Å². The van der Waals surface area contributed by atoms with E-state index in [0.717, 1.165) is 32.4 Å². The lowest BCUT2D eigenvalue weighted by atomic mass is 9.87. The number of hydrogen-bond donors (Lipinski definition) is 1. The van der Waals surface area contributed by atoms with Crippen molar-refractivity contribution < 1.29 is 8.42 Å². The maximum Gasteiger partial charge on any atom is 0.243 e. The van der Waals surface area contributed by atoms with E-state index in [1.165, 1.54) is 5.56 Å². The number of halogens is 1. The van der Waals surface area contributed by atoms with Gasteiger partial charge in [-0.15, -0.1) is 12.4 Å². The molecule has 4 nitrogen and oxygen atoms in total. The Morgan fingerprint density at radius 1 is 1.24 bits per heavy atom. The van der Waals surface area contributed by atoms with Gasteiger partial charge in [0.25, 0.3) is 0 Å². The lowest BCUT2D eigenvalue weighted by Gasteiger charge is -2.22. The Morgan fingerprint density at radius 3 is 2.52 bits per heavy atom. The molecule has 6 heteroatoms. The van der Waals surface area contributed by atoms with Crippen molar-refractivity contribution in [1.82, 2.24) is 9.62 Å². The van der Waals surface area contributed by atoms with E-state index in [9.17, 15) is 8.42 Å². The van der Waals surface area contributed by atoms with E-state index in [1.54, 1.807) is 16.4 Å². The SMILES string of the molecule is CCc1ccc(S(=O)(=O)N2CCC3(CCNC3)C2)cc1.Cl. The Hall–Kier alpha value is -0.620. The maximum absolute atomic E-state index is 12.7. The number of sulfonamides is 1. The largest absolute Gasteiger partial charge is 0.316 e. The second kappa shape index (κ2) is 6.24. The minimum atomic E-state index is -3.32. The Kier molecular flexibility index (Phi) is 4.98. The molecule has 2 heterocycles. The van der Waals surface area contributed by atoms with Gasteiger partial charge >= 0.3 is 0 Å². The van der Waals surface area contributed by atoms with Crippen molar-refractivity contribution >= 4 is 22.4 Å². The van der Waals surface area contributed by atoms with Gasteiger partial charge in [0.05, 0.1) is 4.90 Å². The Balaban J connectivity index is 0.00000161. The first kappa shape index (κ1) is 16.7. The lowest BCUT2D eigenvalue weighted by Crippen LogP contribution is -2.33. The van der Waals surface area contributed by atoms with Crippen LogP contribution in [-0.2, 0) is 16.4 Å². The molecule has 0 aromatic heterocycles. The zero-order valence-corrected chi connectivity index (χ0v) is 14.0. The smallest absolute Gasteiger partial charge is 0.243 e. The first-order valence-electron chi connectivity index (χ1n) is 7.36. The minimum Gasteiger partial charge on any atom is -0.316 e. The zero-order chi connectivity index (χ0) is 14.2. The van der Waals surface area contributed by atoms with Crippen molar-refractivity contribution in [1.29, 1.82) is 0 Å². The molecule has 1 N–H and O–H groups in total. The highest BCUT2D eigenvalue weighted by molar-refractivity contribution is 7.89. The molecule has 1 atom stereocenters. The third-order valence-corrected chi connectivity index (χ3v) is 6.56. The number of nitrogens with one attached hydrogen (secondary N) is 1. The van der Waals surface area contributed by atoms with E-state index < -0.39 is 10.0 Å². The highest BCUT2D eigenvalue weighted by Gasteiger charge is 2.44. The van der Waals surface area contributed by atoms with Gasteiger partial charge in [-0.05, 0) is 48.9 Å². The normalized spacial score (nSPS) is 26.1. The molecule has 2 saturated heterocycles. The number of aryl methyl sites for hydroxylation is 1. The van der Waals surface area contributed by atoms with Crippen LogP contribution in [0, 0.1) is 5.41 Å². The summed E-state index contributed by atoms with van der Waals surface area (Å²) in [6, 6.07) is 7.31. The van der Waals surface area contributed by atoms with E-state index in [0.29, 0.717) is 18.0 Å². The Bertz CT molecular complexity index is 580. The third-order valence-electron chi connectivity index (χ3n) is 4.70. The molecule has 2 fully saturated rings. The fraction of sp³-hybridized carbons (Fsp3) is 0.600. The van der Waals surface area contributed by atoms with Crippen molar-refractivity contribution in [2.75, 3.05) is 26.2 Å². The molecular weight excluding hydrogens is 308 g/mol.